The van der Waals surface area contributed by atoms with E-state index in [2.05, 4.69) is 39.8 Å². The predicted octanol–water partition coefficient (Wildman–Crippen LogP) is 2.62. The molecule has 0 atom stereocenters. The SMILES string of the molecule is CCNC(=NCc1cccc(C(N)=O)c1)NCc1nc(C(C)C)cs1. The van der Waals surface area contributed by atoms with Gasteiger partial charge in [-0.2, -0.15) is 0 Å². The summed E-state index contributed by atoms with van der Waals surface area (Å²) in [6.45, 7) is 8.15. The van der Waals surface area contributed by atoms with Gasteiger partial charge in [-0.15, -0.1) is 11.3 Å². The average molecular weight is 359 g/mol. The van der Waals surface area contributed by atoms with E-state index in [1.807, 2.05) is 19.1 Å². The molecule has 1 amide bonds. The molecule has 0 unspecified atom stereocenters. The fourth-order valence-electron chi connectivity index (χ4n) is 2.17. The van der Waals surface area contributed by atoms with Crippen LogP contribution in [0.5, 0.6) is 0 Å². The van der Waals surface area contributed by atoms with Crippen LogP contribution in [0.15, 0.2) is 34.6 Å². The molecule has 4 N–H and O–H groups in total. The van der Waals surface area contributed by atoms with Crippen LogP contribution in [0.3, 0.4) is 0 Å². The summed E-state index contributed by atoms with van der Waals surface area (Å²) >= 11 is 1.65. The van der Waals surface area contributed by atoms with Gasteiger partial charge in [0.15, 0.2) is 5.96 Å². The molecule has 0 aliphatic carbocycles. The van der Waals surface area contributed by atoms with E-state index in [9.17, 15) is 4.79 Å². The summed E-state index contributed by atoms with van der Waals surface area (Å²) in [6.07, 6.45) is 0. The molecule has 2 rings (SSSR count). The van der Waals surface area contributed by atoms with Crippen molar-refractivity contribution in [1.29, 1.82) is 0 Å². The van der Waals surface area contributed by atoms with Gasteiger partial charge < -0.3 is 16.4 Å². The number of thiazole rings is 1. The Morgan fingerprint density at radius 3 is 2.80 bits per heavy atom. The Morgan fingerprint density at radius 2 is 2.16 bits per heavy atom. The minimum atomic E-state index is -0.430. The highest BCUT2D eigenvalue weighted by molar-refractivity contribution is 7.09. The van der Waals surface area contributed by atoms with Crippen molar-refractivity contribution in [2.24, 2.45) is 10.7 Å². The highest BCUT2D eigenvalue weighted by Crippen LogP contribution is 2.17. The number of carbonyl (C=O) groups is 1. The van der Waals surface area contributed by atoms with Gasteiger partial charge in [0.2, 0.25) is 5.91 Å². The zero-order chi connectivity index (χ0) is 18.2. The normalized spacial score (nSPS) is 11.6. The van der Waals surface area contributed by atoms with Crippen LogP contribution in [0.2, 0.25) is 0 Å². The summed E-state index contributed by atoms with van der Waals surface area (Å²) in [6, 6.07) is 7.21. The van der Waals surface area contributed by atoms with Gasteiger partial charge >= 0.3 is 0 Å². The second-order valence-electron chi connectivity index (χ2n) is 5.93. The average Bonchev–Trinajstić information content (AvgIpc) is 3.07. The molecule has 0 bridgehead atoms. The molecule has 2 aromatic rings. The number of nitrogens with zero attached hydrogens (tertiary/aromatic N) is 2. The molecule has 0 saturated carbocycles. The van der Waals surface area contributed by atoms with Crippen molar-refractivity contribution in [2.45, 2.75) is 39.8 Å². The maximum Gasteiger partial charge on any atom is 0.248 e. The van der Waals surface area contributed by atoms with Crippen LogP contribution in [-0.4, -0.2) is 23.4 Å². The zero-order valence-corrected chi connectivity index (χ0v) is 15.7. The quantitative estimate of drug-likeness (QED) is 0.523. The van der Waals surface area contributed by atoms with Crippen molar-refractivity contribution in [1.82, 2.24) is 15.6 Å². The monoisotopic (exact) mass is 359 g/mol. The van der Waals surface area contributed by atoms with Crippen LogP contribution < -0.4 is 16.4 Å². The Morgan fingerprint density at radius 1 is 1.36 bits per heavy atom. The molecule has 7 heteroatoms. The van der Waals surface area contributed by atoms with Gasteiger partial charge in [0, 0.05) is 17.5 Å². The molecule has 25 heavy (non-hydrogen) atoms. The molecule has 0 spiro atoms. The first-order valence-electron chi connectivity index (χ1n) is 8.34. The lowest BCUT2D eigenvalue weighted by Crippen LogP contribution is -2.36. The molecule has 0 aliphatic heterocycles. The number of carbonyl (C=O) groups excluding carboxylic acids is 1. The molecule has 1 aromatic carbocycles. The third kappa shape index (κ3) is 5.86. The van der Waals surface area contributed by atoms with Crippen LogP contribution in [0.1, 0.15) is 53.3 Å². The lowest BCUT2D eigenvalue weighted by Gasteiger charge is -2.10. The molecular formula is C18H25N5OS. The van der Waals surface area contributed by atoms with Crippen molar-refractivity contribution in [3.8, 4) is 0 Å². The molecule has 0 fully saturated rings. The maximum absolute atomic E-state index is 11.3. The summed E-state index contributed by atoms with van der Waals surface area (Å²) in [7, 11) is 0. The van der Waals surface area contributed by atoms with E-state index < -0.39 is 5.91 Å². The van der Waals surface area contributed by atoms with E-state index in [-0.39, 0.29) is 0 Å². The van der Waals surface area contributed by atoms with Gasteiger partial charge in [0.25, 0.3) is 0 Å². The number of amides is 1. The second-order valence-corrected chi connectivity index (χ2v) is 6.88. The number of guanidine groups is 1. The molecule has 134 valence electrons. The Labute approximate surface area is 152 Å². The fraction of sp³-hybridized carbons (Fsp3) is 0.389. The van der Waals surface area contributed by atoms with Gasteiger partial charge in [0.1, 0.15) is 5.01 Å². The summed E-state index contributed by atoms with van der Waals surface area (Å²) in [5.74, 6) is 0.721. The van der Waals surface area contributed by atoms with Crippen LogP contribution in [0.4, 0.5) is 0 Å². The predicted molar refractivity (Wildman–Crippen MR) is 103 cm³/mol. The number of benzene rings is 1. The molecule has 0 saturated heterocycles. The molecule has 1 heterocycles. The molecule has 0 radical (unpaired) electrons. The van der Waals surface area contributed by atoms with Gasteiger partial charge in [-0.1, -0.05) is 26.0 Å². The Balaban J connectivity index is 2.00. The molecule has 6 nitrogen and oxygen atoms in total. The number of hydrogen-bond acceptors (Lipinski definition) is 4. The van der Waals surface area contributed by atoms with Gasteiger partial charge in [-0.25, -0.2) is 9.98 Å². The number of nitrogens with two attached hydrogens (primary N) is 1. The van der Waals surface area contributed by atoms with Crippen molar-refractivity contribution in [3.63, 3.8) is 0 Å². The number of nitrogens with one attached hydrogen (secondary N) is 2. The van der Waals surface area contributed by atoms with E-state index in [0.717, 1.165) is 22.8 Å². The first-order chi connectivity index (χ1) is 12.0. The van der Waals surface area contributed by atoms with Crippen molar-refractivity contribution in [2.75, 3.05) is 6.54 Å². The number of aliphatic imine (C=N–C) groups is 1. The van der Waals surface area contributed by atoms with Crippen molar-refractivity contribution < 1.29 is 4.79 Å². The number of primary amides is 1. The summed E-state index contributed by atoms with van der Waals surface area (Å²) in [5, 5.41) is 9.64. The molecule has 0 aliphatic rings. The number of aromatic nitrogens is 1. The minimum absolute atomic E-state index is 0.430. The van der Waals surface area contributed by atoms with E-state index >= 15 is 0 Å². The highest BCUT2D eigenvalue weighted by Gasteiger charge is 2.06. The smallest absolute Gasteiger partial charge is 0.248 e. The van der Waals surface area contributed by atoms with E-state index in [1.54, 1.807) is 23.5 Å². The fourth-order valence-corrected chi connectivity index (χ4v) is 3.06. The Hall–Kier alpha value is -2.41. The first kappa shape index (κ1) is 18.9. The number of rotatable bonds is 7. The first-order valence-corrected chi connectivity index (χ1v) is 9.22. The highest BCUT2D eigenvalue weighted by atomic mass is 32.1. The second kappa shape index (κ2) is 9.17. The van der Waals surface area contributed by atoms with E-state index in [0.29, 0.717) is 30.5 Å². The third-order valence-corrected chi connectivity index (χ3v) is 4.41. The largest absolute Gasteiger partial charge is 0.366 e. The topological polar surface area (TPSA) is 92.4 Å². The summed E-state index contributed by atoms with van der Waals surface area (Å²) in [5.41, 5.74) is 7.86. The van der Waals surface area contributed by atoms with Crippen LogP contribution in [0, 0.1) is 0 Å². The lowest BCUT2D eigenvalue weighted by atomic mass is 10.1. The Kier molecular flexibility index (Phi) is 6.94. The van der Waals surface area contributed by atoms with Crippen LogP contribution in [-0.2, 0) is 13.1 Å². The summed E-state index contributed by atoms with van der Waals surface area (Å²) in [4.78, 5) is 20.4. The van der Waals surface area contributed by atoms with E-state index in [4.69, 9.17) is 5.73 Å². The lowest BCUT2D eigenvalue weighted by molar-refractivity contribution is 0.1000. The van der Waals surface area contributed by atoms with Crippen LogP contribution >= 0.6 is 11.3 Å². The third-order valence-electron chi connectivity index (χ3n) is 3.54. The van der Waals surface area contributed by atoms with Crippen molar-refractivity contribution >= 4 is 23.2 Å². The maximum atomic E-state index is 11.3. The van der Waals surface area contributed by atoms with Gasteiger partial charge in [0.05, 0.1) is 18.8 Å². The molecule has 1 aromatic heterocycles. The summed E-state index contributed by atoms with van der Waals surface area (Å²) < 4.78 is 0. The van der Waals surface area contributed by atoms with Gasteiger partial charge in [-0.05, 0) is 30.5 Å². The Bertz CT molecular complexity index is 739. The van der Waals surface area contributed by atoms with E-state index in [1.165, 1.54) is 0 Å². The zero-order valence-electron chi connectivity index (χ0n) is 14.9. The van der Waals surface area contributed by atoms with Gasteiger partial charge in [-0.3, -0.25) is 4.79 Å². The number of hydrogen-bond donors (Lipinski definition) is 3. The standard InChI is InChI=1S/C18H25N5OS/c1-4-20-18(22-10-16-23-15(11-25-16)12(2)3)21-9-13-6-5-7-14(8-13)17(19)24/h5-8,11-12H,4,9-10H2,1-3H3,(H2,19,24)(H2,20,21,22). The minimum Gasteiger partial charge on any atom is -0.366 e. The van der Waals surface area contributed by atoms with Crippen molar-refractivity contribution in [3.05, 3.63) is 51.5 Å². The van der Waals surface area contributed by atoms with Crippen LogP contribution in [0.25, 0.3) is 0 Å². The molecular weight excluding hydrogens is 334 g/mol.